The summed E-state index contributed by atoms with van der Waals surface area (Å²) in [6.45, 7) is 2.64. The molecule has 4 aromatic rings. The molecule has 0 bridgehead atoms. The number of halogens is 1. The Hall–Kier alpha value is -3.23. The van der Waals surface area contributed by atoms with Crippen molar-refractivity contribution in [3.8, 4) is 0 Å². The van der Waals surface area contributed by atoms with Gasteiger partial charge in [0.15, 0.2) is 11.4 Å². The van der Waals surface area contributed by atoms with Crippen LogP contribution in [0.15, 0.2) is 65.7 Å². The molecule has 0 fully saturated rings. The first-order valence-electron chi connectivity index (χ1n) is 10.1. The molecule has 1 aliphatic heterocycles. The van der Waals surface area contributed by atoms with E-state index in [2.05, 4.69) is 22.1 Å². The van der Waals surface area contributed by atoms with Crippen LogP contribution in [-0.2, 0) is 23.0 Å². The van der Waals surface area contributed by atoms with Crippen molar-refractivity contribution < 1.29 is 13.2 Å². The Morgan fingerprint density at radius 3 is 2.41 bits per heavy atom. The Kier molecular flexibility index (Phi) is 4.98. The topological polar surface area (TPSA) is 85.2 Å². The predicted octanol–water partition coefficient (Wildman–Crippen LogP) is 4.09. The molecule has 7 nitrogen and oxygen atoms in total. The number of rotatable bonds is 4. The van der Waals surface area contributed by atoms with Gasteiger partial charge in [-0.05, 0) is 48.2 Å². The van der Waals surface area contributed by atoms with Gasteiger partial charge in [0.05, 0.1) is 10.3 Å². The second-order valence-corrected chi connectivity index (χ2v) is 9.82. The standard InChI is InChI=1S/C23H19ClN4O3S/c1-15(29)19-14-28(32(30,31)18-9-3-2-4-10-18)22-20(19)21(25-23(24)26-22)27-12-11-16-7-5-6-8-17(16)13-27/h2-10,14H,11-13H2,1H3. The zero-order valence-electron chi connectivity index (χ0n) is 17.2. The number of fused-ring (bicyclic) bond motifs is 2. The molecule has 1 aliphatic rings. The minimum atomic E-state index is -3.99. The molecule has 3 heterocycles. The van der Waals surface area contributed by atoms with Crippen LogP contribution < -0.4 is 4.90 Å². The van der Waals surface area contributed by atoms with E-state index < -0.39 is 10.0 Å². The SMILES string of the molecule is CC(=O)c1cn(S(=O)(=O)c2ccccc2)c2nc(Cl)nc(N3CCc4ccccc4C3)c12. The predicted molar refractivity (Wildman–Crippen MR) is 123 cm³/mol. The zero-order chi connectivity index (χ0) is 22.5. The summed E-state index contributed by atoms with van der Waals surface area (Å²) < 4.78 is 27.8. The highest BCUT2D eigenvalue weighted by molar-refractivity contribution is 7.90. The molecular formula is C23H19ClN4O3S. The first-order valence-corrected chi connectivity index (χ1v) is 11.9. The van der Waals surface area contributed by atoms with Crippen LogP contribution in [0.5, 0.6) is 0 Å². The number of aromatic nitrogens is 3. The van der Waals surface area contributed by atoms with Gasteiger partial charge < -0.3 is 4.90 Å². The summed E-state index contributed by atoms with van der Waals surface area (Å²) in [4.78, 5) is 23.3. The van der Waals surface area contributed by atoms with E-state index in [1.807, 2.05) is 17.0 Å². The van der Waals surface area contributed by atoms with Crippen LogP contribution in [0, 0.1) is 0 Å². The summed E-state index contributed by atoms with van der Waals surface area (Å²) >= 11 is 6.26. The van der Waals surface area contributed by atoms with E-state index in [1.54, 1.807) is 18.2 Å². The van der Waals surface area contributed by atoms with Crippen molar-refractivity contribution in [2.75, 3.05) is 11.4 Å². The van der Waals surface area contributed by atoms with Gasteiger partial charge in [0.25, 0.3) is 10.0 Å². The molecule has 0 N–H and O–H groups in total. The molecule has 0 unspecified atom stereocenters. The monoisotopic (exact) mass is 466 g/mol. The third-order valence-electron chi connectivity index (χ3n) is 5.68. The van der Waals surface area contributed by atoms with Crippen LogP contribution in [0.25, 0.3) is 11.0 Å². The van der Waals surface area contributed by atoms with Crippen LogP contribution in [0.3, 0.4) is 0 Å². The lowest BCUT2D eigenvalue weighted by Crippen LogP contribution is -2.31. The summed E-state index contributed by atoms with van der Waals surface area (Å²) in [5.41, 5.74) is 2.75. The minimum absolute atomic E-state index is 0.0796. The number of Topliss-reactive ketones (excluding diaryl/α,β-unsaturated/α-hetero) is 1. The van der Waals surface area contributed by atoms with Gasteiger partial charge >= 0.3 is 0 Å². The Labute approximate surface area is 190 Å². The van der Waals surface area contributed by atoms with Gasteiger partial charge in [0.2, 0.25) is 5.28 Å². The number of anilines is 1. The van der Waals surface area contributed by atoms with Crippen molar-refractivity contribution >= 4 is 44.3 Å². The van der Waals surface area contributed by atoms with Crippen molar-refractivity contribution in [3.05, 3.63) is 82.8 Å². The first kappa shape index (κ1) is 20.7. The van der Waals surface area contributed by atoms with E-state index in [0.717, 1.165) is 16.0 Å². The van der Waals surface area contributed by atoms with E-state index in [1.165, 1.54) is 30.8 Å². The van der Waals surface area contributed by atoms with Crippen molar-refractivity contribution in [1.29, 1.82) is 0 Å². The van der Waals surface area contributed by atoms with Crippen molar-refractivity contribution in [2.45, 2.75) is 24.8 Å². The highest BCUT2D eigenvalue weighted by atomic mass is 35.5. The summed E-state index contributed by atoms with van der Waals surface area (Å²) in [6, 6.07) is 16.2. The second kappa shape index (κ2) is 7.72. The van der Waals surface area contributed by atoms with Crippen LogP contribution in [0.1, 0.15) is 28.4 Å². The Bertz CT molecular complexity index is 1470. The number of hydrogen-bond acceptors (Lipinski definition) is 6. The highest BCUT2D eigenvalue weighted by Gasteiger charge is 2.29. The third kappa shape index (κ3) is 3.36. The molecule has 0 saturated heterocycles. The number of carbonyl (C=O) groups excluding carboxylic acids is 1. The Morgan fingerprint density at radius 1 is 1.00 bits per heavy atom. The van der Waals surface area contributed by atoms with Crippen LogP contribution in [0.2, 0.25) is 5.28 Å². The van der Waals surface area contributed by atoms with Gasteiger partial charge in [-0.15, -0.1) is 0 Å². The smallest absolute Gasteiger partial charge is 0.269 e. The van der Waals surface area contributed by atoms with Crippen molar-refractivity contribution in [3.63, 3.8) is 0 Å². The number of ketones is 1. The van der Waals surface area contributed by atoms with Crippen molar-refractivity contribution in [1.82, 2.24) is 13.9 Å². The summed E-state index contributed by atoms with van der Waals surface area (Å²) in [5.74, 6) is 0.184. The molecule has 0 radical (unpaired) electrons. The molecule has 0 aliphatic carbocycles. The molecular weight excluding hydrogens is 448 g/mol. The van der Waals surface area contributed by atoms with Crippen LogP contribution in [0.4, 0.5) is 5.82 Å². The maximum Gasteiger partial charge on any atom is 0.269 e. The molecule has 32 heavy (non-hydrogen) atoms. The lowest BCUT2D eigenvalue weighted by molar-refractivity contribution is 0.101. The van der Waals surface area contributed by atoms with Gasteiger partial charge in [-0.25, -0.2) is 12.4 Å². The fourth-order valence-corrected chi connectivity index (χ4v) is 5.61. The van der Waals surface area contributed by atoms with Crippen LogP contribution >= 0.6 is 11.6 Å². The highest BCUT2D eigenvalue weighted by Crippen LogP contribution is 2.35. The summed E-state index contributed by atoms with van der Waals surface area (Å²) in [6.07, 6.45) is 2.12. The minimum Gasteiger partial charge on any atom is -0.351 e. The van der Waals surface area contributed by atoms with Gasteiger partial charge in [0.1, 0.15) is 5.82 Å². The van der Waals surface area contributed by atoms with E-state index in [9.17, 15) is 13.2 Å². The van der Waals surface area contributed by atoms with Gasteiger partial charge in [-0.3, -0.25) is 4.79 Å². The molecule has 2 aromatic heterocycles. The number of benzene rings is 2. The van der Waals surface area contributed by atoms with Gasteiger partial charge in [-0.1, -0.05) is 42.5 Å². The average molecular weight is 467 g/mol. The maximum absolute atomic E-state index is 13.4. The average Bonchev–Trinajstić information content (AvgIpc) is 3.19. The summed E-state index contributed by atoms with van der Waals surface area (Å²) in [5, 5.41) is 0.310. The Morgan fingerprint density at radius 2 is 1.69 bits per heavy atom. The fourth-order valence-electron chi connectivity index (χ4n) is 4.12. The normalized spacial score (nSPS) is 13.9. The molecule has 0 saturated carbocycles. The largest absolute Gasteiger partial charge is 0.351 e. The van der Waals surface area contributed by atoms with Gasteiger partial charge in [0, 0.05) is 24.8 Å². The fraction of sp³-hybridized carbons (Fsp3) is 0.174. The molecule has 5 rings (SSSR count). The zero-order valence-corrected chi connectivity index (χ0v) is 18.8. The van der Waals surface area contributed by atoms with E-state index in [-0.39, 0.29) is 27.2 Å². The number of carbonyl (C=O) groups is 1. The van der Waals surface area contributed by atoms with E-state index >= 15 is 0 Å². The molecule has 0 atom stereocenters. The lowest BCUT2D eigenvalue weighted by atomic mass is 9.99. The molecule has 0 amide bonds. The summed E-state index contributed by atoms with van der Waals surface area (Å²) in [7, 11) is -3.99. The van der Waals surface area contributed by atoms with Crippen molar-refractivity contribution in [2.24, 2.45) is 0 Å². The van der Waals surface area contributed by atoms with E-state index in [4.69, 9.17) is 11.6 Å². The molecule has 2 aromatic carbocycles. The quantitative estimate of drug-likeness (QED) is 0.332. The van der Waals surface area contributed by atoms with E-state index in [0.29, 0.717) is 24.3 Å². The van der Waals surface area contributed by atoms with Crippen LogP contribution in [-0.4, -0.2) is 34.7 Å². The third-order valence-corrected chi connectivity index (χ3v) is 7.51. The molecule has 162 valence electrons. The molecule has 0 spiro atoms. The lowest BCUT2D eigenvalue weighted by Gasteiger charge is -2.30. The maximum atomic E-state index is 13.4. The second-order valence-electron chi connectivity index (χ2n) is 7.67. The Balaban J connectivity index is 1.74. The number of nitrogens with zero attached hydrogens (tertiary/aromatic N) is 4. The number of hydrogen-bond donors (Lipinski definition) is 0. The molecule has 9 heteroatoms. The first-order chi connectivity index (χ1) is 15.4. The van der Waals surface area contributed by atoms with Gasteiger partial charge in [-0.2, -0.15) is 9.97 Å².